The van der Waals surface area contributed by atoms with Crippen LogP contribution in [0.4, 0.5) is 4.39 Å². The lowest BCUT2D eigenvalue weighted by atomic mass is 10.0. The minimum absolute atomic E-state index is 0.234. The Hall–Kier alpha value is -4.13. The topological polar surface area (TPSA) is 78.3 Å². The Morgan fingerprint density at radius 2 is 1.53 bits per heavy atom. The van der Waals surface area contributed by atoms with Crippen LogP contribution in [0.3, 0.4) is 0 Å². The number of aromatic nitrogens is 2. The summed E-state index contributed by atoms with van der Waals surface area (Å²) in [5, 5.41) is 0.413. The molecule has 0 aliphatic heterocycles. The van der Waals surface area contributed by atoms with Crippen molar-refractivity contribution in [1.29, 1.82) is 0 Å². The van der Waals surface area contributed by atoms with Gasteiger partial charge in [-0.3, -0.25) is 14.2 Å². The Kier molecular flexibility index (Phi) is 5.17. The van der Waals surface area contributed by atoms with Gasteiger partial charge in [0.05, 0.1) is 17.2 Å². The monoisotopic (exact) mass is 402 g/mol. The summed E-state index contributed by atoms with van der Waals surface area (Å²) >= 11 is 0. The fraction of sp³-hybridized carbons (Fsp3) is 0.0435. The molecule has 0 aliphatic rings. The molecule has 0 saturated carbocycles. The third-order valence-electron chi connectivity index (χ3n) is 4.49. The largest absolute Gasteiger partial charge is 0.425 e. The van der Waals surface area contributed by atoms with E-state index in [-0.39, 0.29) is 23.6 Å². The predicted molar refractivity (Wildman–Crippen MR) is 108 cm³/mol. The van der Waals surface area contributed by atoms with Gasteiger partial charge in [0, 0.05) is 11.1 Å². The van der Waals surface area contributed by atoms with E-state index in [0.717, 1.165) is 0 Å². The lowest BCUT2D eigenvalue weighted by molar-refractivity contribution is -0.135. The summed E-state index contributed by atoms with van der Waals surface area (Å²) in [6.07, 6.45) is 1.30. The molecule has 3 aromatic carbocycles. The quantitative estimate of drug-likeness (QED) is 0.291. The number of rotatable bonds is 5. The number of benzene rings is 3. The minimum Gasteiger partial charge on any atom is -0.425 e. The lowest BCUT2D eigenvalue weighted by Gasteiger charge is -2.08. The predicted octanol–water partition coefficient (Wildman–Crippen LogP) is 3.37. The van der Waals surface area contributed by atoms with E-state index in [1.54, 1.807) is 24.3 Å². The molecular weight excluding hydrogens is 387 g/mol. The molecule has 7 heteroatoms. The van der Waals surface area contributed by atoms with Crippen LogP contribution in [0.1, 0.15) is 15.9 Å². The van der Waals surface area contributed by atoms with Gasteiger partial charge in [0.2, 0.25) is 0 Å². The van der Waals surface area contributed by atoms with Crippen LogP contribution < -0.4 is 10.3 Å². The van der Waals surface area contributed by atoms with Crippen molar-refractivity contribution in [3.8, 4) is 5.75 Å². The molecule has 0 spiro atoms. The van der Waals surface area contributed by atoms with Gasteiger partial charge in [-0.15, -0.1) is 0 Å². The smallest absolute Gasteiger partial charge is 0.331 e. The van der Waals surface area contributed by atoms with Crippen LogP contribution >= 0.6 is 0 Å². The van der Waals surface area contributed by atoms with E-state index in [9.17, 15) is 18.8 Å². The van der Waals surface area contributed by atoms with Crippen molar-refractivity contribution in [3.05, 3.63) is 106 Å². The van der Waals surface area contributed by atoms with Crippen molar-refractivity contribution in [1.82, 2.24) is 9.55 Å². The lowest BCUT2D eigenvalue weighted by Crippen LogP contribution is -2.26. The second-order valence-corrected chi connectivity index (χ2v) is 6.53. The Morgan fingerprint density at radius 3 is 2.23 bits per heavy atom. The summed E-state index contributed by atoms with van der Waals surface area (Å²) in [5.41, 5.74) is 0.937. The summed E-state index contributed by atoms with van der Waals surface area (Å²) in [6.45, 7) is -0.299. The molecule has 0 amide bonds. The first-order valence-electron chi connectivity index (χ1n) is 9.06. The van der Waals surface area contributed by atoms with Gasteiger partial charge in [0.25, 0.3) is 5.56 Å². The van der Waals surface area contributed by atoms with Gasteiger partial charge >= 0.3 is 5.97 Å². The van der Waals surface area contributed by atoms with E-state index in [4.69, 9.17) is 4.74 Å². The summed E-state index contributed by atoms with van der Waals surface area (Å²) < 4.78 is 19.4. The molecule has 0 N–H and O–H groups in total. The van der Waals surface area contributed by atoms with Crippen LogP contribution in [0.5, 0.6) is 5.75 Å². The normalized spacial score (nSPS) is 10.7. The molecule has 0 saturated heterocycles. The molecule has 148 valence electrons. The van der Waals surface area contributed by atoms with Gasteiger partial charge in [-0.05, 0) is 60.7 Å². The maximum absolute atomic E-state index is 13.0. The number of hydrogen-bond acceptors (Lipinski definition) is 5. The molecule has 30 heavy (non-hydrogen) atoms. The third-order valence-corrected chi connectivity index (χ3v) is 4.49. The molecule has 4 aromatic rings. The van der Waals surface area contributed by atoms with E-state index in [1.165, 1.54) is 59.4 Å². The number of hydrogen-bond donors (Lipinski definition) is 0. The molecule has 6 nitrogen and oxygen atoms in total. The number of halogens is 1. The molecule has 0 atom stereocenters. The number of ether oxygens (including phenoxy) is 1. The van der Waals surface area contributed by atoms with Crippen LogP contribution in [0.15, 0.2) is 83.9 Å². The first kappa shape index (κ1) is 19.2. The van der Waals surface area contributed by atoms with Gasteiger partial charge in [-0.1, -0.05) is 12.1 Å². The summed E-state index contributed by atoms with van der Waals surface area (Å²) in [6, 6.07) is 18.1. The number of carbonyl (C=O) groups excluding carboxylic acids is 2. The molecule has 0 radical (unpaired) electrons. The number of ketones is 1. The zero-order chi connectivity index (χ0) is 21.1. The standard InChI is InChI=1S/C23H15FN2O4/c24-17-9-5-15(6-10-17)22(28)16-7-11-18(12-8-16)30-21(27)13-26-14-25-20-4-2-1-3-19(20)23(26)29/h1-12,14H,13H2. The van der Waals surface area contributed by atoms with Crippen molar-refractivity contribution in [2.45, 2.75) is 6.54 Å². The number of nitrogens with zero attached hydrogens (tertiary/aromatic N) is 2. The number of carbonyl (C=O) groups is 2. The molecule has 4 rings (SSSR count). The first-order valence-corrected chi connectivity index (χ1v) is 9.06. The number of esters is 1. The molecule has 1 aromatic heterocycles. The average Bonchev–Trinajstić information content (AvgIpc) is 2.76. The van der Waals surface area contributed by atoms with Crippen LogP contribution in [0.25, 0.3) is 10.9 Å². The Morgan fingerprint density at radius 1 is 0.900 bits per heavy atom. The summed E-state index contributed by atoms with van der Waals surface area (Å²) in [5.74, 6) is -1.11. The average molecular weight is 402 g/mol. The van der Waals surface area contributed by atoms with E-state index in [1.807, 2.05) is 0 Å². The maximum atomic E-state index is 13.0. The zero-order valence-electron chi connectivity index (χ0n) is 15.6. The molecular formula is C23H15FN2O4. The van der Waals surface area contributed by atoms with Gasteiger partial charge in [0.1, 0.15) is 18.1 Å². The van der Waals surface area contributed by atoms with E-state index < -0.39 is 11.8 Å². The molecule has 0 bridgehead atoms. The maximum Gasteiger partial charge on any atom is 0.331 e. The van der Waals surface area contributed by atoms with Gasteiger partial charge in [-0.2, -0.15) is 0 Å². The van der Waals surface area contributed by atoms with E-state index in [2.05, 4.69) is 4.98 Å². The minimum atomic E-state index is -0.646. The second kappa shape index (κ2) is 8.08. The fourth-order valence-electron chi connectivity index (χ4n) is 2.96. The third kappa shape index (κ3) is 4.00. The van der Waals surface area contributed by atoms with Gasteiger partial charge < -0.3 is 4.74 Å². The first-order chi connectivity index (χ1) is 14.5. The van der Waals surface area contributed by atoms with Crippen LogP contribution in [-0.2, 0) is 11.3 Å². The highest BCUT2D eigenvalue weighted by atomic mass is 19.1. The van der Waals surface area contributed by atoms with E-state index >= 15 is 0 Å². The van der Waals surface area contributed by atoms with Crippen molar-refractivity contribution < 1.29 is 18.7 Å². The fourth-order valence-corrected chi connectivity index (χ4v) is 2.96. The van der Waals surface area contributed by atoms with E-state index in [0.29, 0.717) is 22.0 Å². The van der Waals surface area contributed by atoms with Crippen LogP contribution in [0.2, 0.25) is 0 Å². The molecule has 0 unspecified atom stereocenters. The number of para-hydroxylation sites is 1. The summed E-state index contributed by atoms with van der Waals surface area (Å²) in [4.78, 5) is 41.2. The van der Waals surface area contributed by atoms with Crippen molar-refractivity contribution >= 4 is 22.7 Å². The van der Waals surface area contributed by atoms with Crippen molar-refractivity contribution in [2.75, 3.05) is 0 Å². The molecule has 0 aliphatic carbocycles. The van der Waals surface area contributed by atoms with Gasteiger partial charge in [-0.25, -0.2) is 14.2 Å². The highest BCUT2D eigenvalue weighted by molar-refractivity contribution is 6.09. The zero-order valence-corrected chi connectivity index (χ0v) is 15.6. The molecule has 0 fully saturated rings. The van der Waals surface area contributed by atoms with Crippen molar-refractivity contribution in [2.24, 2.45) is 0 Å². The second-order valence-electron chi connectivity index (χ2n) is 6.53. The number of fused-ring (bicyclic) bond motifs is 1. The summed E-state index contributed by atoms with van der Waals surface area (Å²) in [7, 11) is 0. The highest BCUT2D eigenvalue weighted by Gasteiger charge is 2.12. The van der Waals surface area contributed by atoms with Crippen LogP contribution in [0, 0.1) is 5.82 Å². The Labute approximate surface area is 170 Å². The van der Waals surface area contributed by atoms with Crippen molar-refractivity contribution in [3.63, 3.8) is 0 Å². The van der Waals surface area contributed by atoms with Gasteiger partial charge in [0.15, 0.2) is 5.78 Å². The Balaban J connectivity index is 1.45. The highest BCUT2D eigenvalue weighted by Crippen LogP contribution is 2.16. The Bertz CT molecular complexity index is 1300. The van der Waals surface area contributed by atoms with Crippen LogP contribution in [-0.4, -0.2) is 21.3 Å². The SMILES string of the molecule is O=C(Cn1cnc2ccccc2c1=O)Oc1ccc(C(=O)c2ccc(F)cc2)cc1. The molecule has 1 heterocycles.